The minimum atomic E-state index is 0.165. The van der Waals surface area contributed by atoms with Gasteiger partial charge < -0.3 is 19.7 Å². The summed E-state index contributed by atoms with van der Waals surface area (Å²) in [4.78, 5) is 33.0. The van der Waals surface area contributed by atoms with Gasteiger partial charge in [-0.1, -0.05) is 0 Å². The second-order valence-corrected chi connectivity index (χ2v) is 8.85. The molecular weight excluding hydrogens is 402 g/mol. The minimum Gasteiger partial charge on any atom is -0.353 e. The topological polar surface area (TPSA) is 70.5 Å². The summed E-state index contributed by atoms with van der Waals surface area (Å²) in [5.41, 5.74) is 6.73. The van der Waals surface area contributed by atoms with Gasteiger partial charge in [0, 0.05) is 55.7 Å². The van der Waals surface area contributed by atoms with Crippen molar-refractivity contribution in [1.29, 1.82) is 0 Å². The molecule has 0 spiro atoms. The zero-order valence-electron chi connectivity index (χ0n) is 18.7. The van der Waals surface area contributed by atoms with Crippen LogP contribution in [-0.4, -0.2) is 52.9 Å². The van der Waals surface area contributed by atoms with E-state index >= 15 is 0 Å². The molecular formula is C25H29N5O2. The van der Waals surface area contributed by atoms with E-state index in [-0.39, 0.29) is 5.91 Å². The number of benzene rings is 1. The monoisotopic (exact) mass is 431 g/mol. The highest BCUT2D eigenvalue weighted by molar-refractivity contribution is 5.96. The highest BCUT2D eigenvalue weighted by Crippen LogP contribution is 2.35. The molecule has 2 aromatic heterocycles. The smallest absolute Gasteiger partial charge is 0.227 e. The van der Waals surface area contributed by atoms with E-state index in [1.807, 2.05) is 23.2 Å². The molecule has 0 bridgehead atoms. The Bertz CT molecular complexity index is 1190. The number of rotatable bonds is 5. The summed E-state index contributed by atoms with van der Waals surface area (Å²) < 4.78 is 2.35. The minimum absolute atomic E-state index is 0.165. The first-order chi connectivity index (χ1) is 15.5. The van der Waals surface area contributed by atoms with Crippen LogP contribution < -0.4 is 10.2 Å². The van der Waals surface area contributed by atoms with E-state index in [2.05, 4.69) is 45.7 Å². The Morgan fingerprint density at radius 3 is 2.69 bits per heavy atom. The zero-order chi connectivity index (χ0) is 22.2. The number of piperazine rings is 1. The summed E-state index contributed by atoms with van der Waals surface area (Å²) in [5.74, 6) is 1.15. The van der Waals surface area contributed by atoms with Crippen molar-refractivity contribution < 1.29 is 9.59 Å². The first-order valence-electron chi connectivity index (χ1n) is 11.4. The van der Waals surface area contributed by atoms with Gasteiger partial charge in [0.1, 0.15) is 5.82 Å². The number of aromatic nitrogens is 2. The van der Waals surface area contributed by atoms with Gasteiger partial charge in [0.15, 0.2) is 0 Å². The highest BCUT2D eigenvalue weighted by Gasteiger charge is 2.26. The summed E-state index contributed by atoms with van der Waals surface area (Å²) >= 11 is 0. The van der Waals surface area contributed by atoms with Gasteiger partial charge in [0.2, 0.25) is 12.3 Å². The van der Waals surface area contributed by atoms with E-state index in [0.717, 1.165) is 54.9 Å². The fourth-order valence-corrected chi connectivity index (χ4v) is 5.18. The number of pyridine rings is 1. The molecule has 1 aromatic carbocycles. The van der Waals surface area contributed by atoms with E-state index in [1.54, 1.807) is 0 Å². The summed E-state index contributed by atoms with van der Waals surface area (Å²) in [7, 11) is 0. The maximum atomic E-state index is 13.3. The lowest BCUT2D eigenvalue weighted by molar-refractivity contribution is -0.130. The largest absolute Gasteiger partial charge is 0.353 e. The number of carbonyl (C=O) groups excluding carboxylic acids is 2. The zero-order valence-corrected chi connectivity index (χ0v) is 18.7. The first kappa shape index (κ1) is 20.5. The molecule has 1 fully saturated rings. The van der Waals surface area contributed by atoms with Crippen LogP contribution in [-0.2, 0) is 29.0 Å². The molecule has 0 unspecified atom stereocenters. The standard InChI is InChI=1S/C25H29N5O2/c1-17-5-6-26-23(12-17)28-8-10-29(11-9-28)24(32)15-21-18(2)30-7-3-4-19-13-20(27-16-31)14-22(21)25(19)30/h5-6,12-14,16H,3-4,7-11,15H2,1-2H3,(H,27,31). The van der Waals surface area contributed by atoms with E-state index in [9.17, 15) is 9.59 Å². The van der Waals surface area contributed by atoms with Crippen molar-refractivity contribution in [3.8, 4) is 0 Å². The molecule has 5 rings (SSSR count). The average Bonchev–Trinajstić information content (AvgIpc) is 3.07. The molecule has 166 valence electrons. The van der Waals surface area contributed by atoms with Gasteiger partial charge in [-0.15, -0.1) is 0 Å². The fourth-order valence-electron chi connectivity index (χ4n) is 5.18. The quantitative estimate of drug-likeness (QED) is 0.631. The van der Waals surface area contributed by atoms with Crippen molar-refractivity contribution in [3.63, 3.8) is 0 Å². The second-order valence-electron chi connectivity index (χ2n) is 8.85. The third-order valence-corrected chi connectivity index (χ3v) is 6.86. The molecule has 7 nitrogen and oxygen atoms in total. The Kier molecular flexibility index (Phi) is 5.33. The molecule has 1 saturated heterocycles. The Morgan fingerprint density at radius 2 is 1.94 bits per heavy atom. The van der Waals surface area contributed by atoms with Gasteiger partial charge in [-0.05, 0) is 67.6 Å². The van der Waals surface area contributed by atoms with Crippen molar-refractivity contribution in [3.05, 3.63) is 52.8 Å². The van der Waals surface area contributed by atoms with E-state index < -0.39 is 0 Å². The van der Waals surface area contributed by atoms with Gasteiger partial charge in [-0.3, -0.25) is 9.59 Å². The maximum Gasteiger partial charge on any atom is 0.227 e. The number of nitrogens with one attached hydrogen (secondary N) is 1. The van der Waals surface area contributed by atoms with Crippen molar-refractivity contribution in [1.82, 2.24) is 14.5 Å². The number of hydrogen-bond donors (Lipinski definition) is 1. The summed E-state index contributed by atoms with van der Waals surface area (Å²) in [6.45, 7) is 8.16. The van der Waals surface area contributed by atoms with Crippen LogP contribution in [0, 0.1) is 13.8 Å². The maximum absolute atomic E-state index is 13.3. The van der Waals surface area contributed by atoms with Crippen molar-refractivity contribution >= 4 is 34.7 Å². The Labute approximate surface area is 188 Å². The number of amides is 2. The second kappa shape index (κ2) is 8.30. The highest BCUT2D eigenvalue weighted by atomic mass is 16.2. The molecule has 2 amide bonds. The Hall–Kier alpha value is -3.35. The first-order valence-corrected chi connectivity index (χ1v) is 11.4. The van der Waals surface area contributed by atoms with Crippen LogP contribution in [0.25, 0.3) is 10.9 Å². The van der Waals surface area contributed by atoms with Crippen LogP contribution in [0.4, 0.5) is 11.5 Å². The summed E-state index contributed by atoms with van der Waals surface area (Å²) in [5, 5.41) is 3.90. The SMILES string of the molecule is Cc1ccnc(N2CCN(C(=O)Cc3c(C)n4c5c(cc(NC=O)cc35)CCC4)CC2)c1. The van der Waals surface area contributed by atoms with Crippen LogP contribution in [0.5, 0.6) is 0 Å². The number of nitrogens with zero attached hydrogens (tertiary/aromatic N) is 4. The predicted molar refractivity (Wildman–Crippen MR) is 126 cm³/mol. The molecule has 0 radical (unpaired) electrons. The number of aryl methyl sites for hydroxylation is 3. The molecule has 32 heavy (non-hydrogen) atoms. The molecule has 7 heteroatoms. The predicted octanol–water partition coefficient (Wildman–Crippen LogP) is 3.06. The van der Waals surface area contributed by atoms with Gasteiger partial charge in [-0.2, -0.15) is 0 Å². The van der Waals surface area contributed by atoms with Gasteiger partial charge in [0.05, 0.1) is 11.9 Å². The lowest BCUT2D eigenvalue weighted by Gasteiger charge is -2.35. The van der Waals surface area contributed by atoms with Crippen molar-refractivity contribution in [2.24, 2.45) is 0 Å². The van der Waals surface area contributed by atoms with E-state index in [1.165, 1.54) is 22.3 Å². The summed E-state index contributed by atoms with van der Waals surface area (Å²) in [6, 6.07) is 8.18. The van der Waals surface area contributed by atoms with E-state index in [0.29, 0.717) is 25.9 Å². The Morgan fingerprint density at radius 1 is 1.12 bits per heavy atom. The van der Waals surface area contributed by atoms with Crippen LogP contribution in [0.1, 0.15) is 28.8 Å². The molecule has 1 N–H and O–H groups in total. The Balaban J connectivity index is 1.36. The third-order valence-electron chi connectivity index (χ3n) is 6.86. The van der Waals surface area contributed by atoms with Crippen LogP contribution >= 0.6 is 0 Å². The molecule has 3 aromatic rings. The van der Waals surface area contributed by atoms with Gasteiger partial charge >= 0.3 is 0 Å². The molecule has 2 aliphatic rings. The molecule has 0 saturated carbocycles. The number of carbonyl (C=O) groups is 2. The lowest BCUT2D eigenvalue weighted by Crippen LogP contribution is -2.49. The molecule has 0 aliphatic carbocycles. The third kappa shape index (κ3) is 3.61. The van der Waals surface area contributed by atoms with Crippen LogP contribution in [0.2, 0.25) is 0 Å². The van der Waals surface area contributed by atoms with Crippen LogP contribution in [0.15, 0.2) is 30.5 Å². The fraction of sp³-hybridized carbons (Fsp3) is 0.400. The summed E-state index contributed by atoms with van der Waals surface area (Å²) in [6.07, 6.45) is 5.02. The lowest BCUT2D eigenvalue weighted by atomic mass is 10.00. The molecule has 2 aliphatic heterocycles. The molecule has 0 atom stereocenters. The van der Waals surface area contributed by atoms with Gasteiger partial charge in [0.25, 0.3) is 0 Å². The van der Waals surface area contributed by atoms with Crippen molar-refractivity contribution in [2.75, 3.05) is 36.4 Å². The van der Waals surface area contributed by atoms with Gasteiger partial charge in [-0.25, -0.2) is 4.98 Å². The van der Waals surface area contributed by atoms with Crippen LogP contribution in [0.3, 0.4) is 0 Å². The number of hydrogen-bond acceptors (Lipinski definition) is 4. The number of anilines is 2. The molecule has 4 heterocycles. The normalized spacial score (nSPS) is 15.8. The van der Waals surface area contributed by atoms with Crippen molar-refractivity contribution in [2.45, 2.75) is 39.7 Å². The average molecular weight is 432 g/mol. The van der Waals surface area contributed by atoms with E-state index in [4.69, 9.17) is 0 Å².